The summed E-state index contributed by atoms with van der Waals surface area (Å²) in [5.74, 6) is 9.44. The second kappa shape index (κ2) is 11.0. The summed E-state index contributed by atoms with van der Waals surface area (Å²) in [5.41, 5.74) is 2.07. The van der Waals surface area contributed by atoms with E-state index in [0.717, 1.165) is 30.4 Å². The fourth-order valence-electron chi connectivity index (χ4n) is 3.11. The number of benzene rings is 1. The van der Waals surface area contributed by atoms with E-state index in [9.17, 15) is 4.79 Å². The number of rotatable bonds is 6. The van der Waals surface area contributed by atoms with E-state index in [4.69, 9.17) is 15.9 Å². The molecular formula is C25H26N2O3. The van der Waals surface area contributed by atoms with Crippen LogP contribution in [0.15, 0.2) is 42.7 Å². The first-order valence-electron chi connectivity index (χ1n) is 10.2. The largest absolute Gasteiger partial charge is 0.491 e. The van der Waals surface area contributed by atoms with Crippen LogP contribution in [0, 0.1) is 24.2 Å². The van der Waals surface area contributed by atoms with Crippen LogP contribution >= 0.6 is 0 Å². The molecule has 5 nitrogen and oxygen atoms in total. The Morgan fingerprint density at radius 3 is 3.07 bits per heavy atom. The summed E-state index contributed by atoms with van der Waals surface area (Å²) in [6, 6.07) is 9.17. The first-order valence-corrected chi connectivity index (χ1v) is 10.2. The number of nitrogens with zero attached hydrogens (tertiary/aromatic N) is 2. The maximum absolute atomic E-state index is 13.0. The maximum Gasteiger partial charge on any atom is 0.255 e. The van der Waals surface area contributed by atoms with E-state index in [0.29, 0.717) is 37.6 Å². The lowest BCUT2D eigenvalue weighted by Crippen LogP contribution is -2.47. The summed E-state index contributed by atoms with van der Waals surface area (Å²) in [4.78, 5) is 18.9. The van der Waals surface area contributed by atoms with Crippen molar-refractivity contribution in [3.63, 3.8) is 0 Å². The molecule has 154 valence electrons. The zero-order valence-corrected chi connectivity index (χ0v) is 17.3. The van der Waals surface area contributed by atoms with Crippen LogP contribution in [0.4, 0.5) is 0 Å². The number of aromatic nitrogens is 1. The molecule has 1 fully saturated rings. The van der Waals surface area contributed by atoms with Gasteiger partial charge in [0.05, 0.1) is 18.7 Å². The number of hydrogen-bond donors (Lipinski definition) is 0. The van der Waals surface area contributed by atoms with Gasteiger partial charge in [-0.15, -0.1) is 6.42 Å². The van der Waals surface area contributed by atoms with Gasteiger partial charge in [-0.25, -0.2) is 0 Å². The van der Waals surface area contributed by atoms with Gasteiger partial charge in [0.15, 0.2) is 0 Å². The first-order chi connectivity index (χ1) is 14.7. The Kier molecular flexibility index (Phi) is 7.89. The number of hydrogen-bond acceptors (Lipinski definition) is 4. The summed E-state index contributed by atoms with van der Waals surface area (Å²) in [6.07, 6.45) is 11.5. The lowest BCUT2D eigenvalue weighted by molar-refractivity contribution is -0.0401. The second-order valence-corrected chi connectivity index (χ2v) is 7.09. The number of morpholine rings is 1. The Labute approximate surface area is 178 Å². The molecule has 30 heavy (non-hydrogen) atoms. The monoisotopic (exact) mass is 402 g/mol. The maximum atomic E-state index is 13.0. The highest BCUT2D eigenvalue weighted by molar-refractivity contribution is 5.94. The van der Waals surface area contributed by atoms with Gasteiger partial charge in [0.1, 0.15) is 18.5 Å². The lowest BCUT2D eigenvalue weighted by atomic mass is 10.1. The normalized spacial score (nSPS) is 15.6. The van der Waals surface area contributed by atoms with Crippen LogP contribution in [0.3, 0.4) is 0 Å². The van der Waals surface area contributed by atoms with Crippen molar-refractivity contribution in [2.24, 2.45) is 0 Å². The number of carbonyl (C=O) groups excluding carboxylic acids is 1. The van der Waals surface area contributed by atoms with E-state index in [1.165, 1.54) is 0 Å². The van der Waals surface area contributed by atoms with E-state index < -0.39 is 0 Å². The predicted octanol–water partition coefficient (Wildman–Crippen LogP) is 3.52. The quantitative estimate of drug-likeness (QED) is 0.548. The average molecular weight is 402 g/mol. The molecule has 1 aliphatic heterocycles. The van der Waals surface area contributed by atoms with Crippen LogP contribution in [0.5, 0.6) is 5.75 Å². The highest BCUT2D eigenvalue weighted by atomic mass is 16.5. The molecule has 0 saturated carbocycles. The standard InChI is InChI=1S/C25H26N2O3/c1-3-5-6-7-9-21-14-22(17-26-16-21)25(28)27-12-13-29-24(18-27)19-30-23-11-8-10-20(4-2)15-23/h2,8,10-11,14-17,24H,3,5-6,12-13,18-19H2,1H3. The van der Waals surface area contributed by atoms with E-state index in [2.05, 4.69) is 29.7 Å². The average Bonchev–Trinajstić information content (AvgIpc) is 2.80. The van der Waals surface area contributed by atoms with Crippen LogP contribution in [0.2, 0.25) is 0 Å². The summed E-state index contributed by atoms with van der Waals surface area (Å²) >= 11 is 0. The molecule has 2 aromatic rings. The van der Waals surface area contributed by atoms with Gasteiger partial charge in [0.2, 0.25) is 0 Å². The van der Waals surface area contributed by atoms with Crippen LogP contribution in [0.1, 0.15) is 47.7 Å². The second-order valence-electron chi connectivity index (χ2n) is 7.09. The van der Waals surface area contributed by atoms with E-state index in [-0.39, 0.29) is 12.0 Å². The molecule has 0 spiro atoms. The third-order valence-corrected chi connectivity index (χ3v) is 4.74. The molecular weight excluding hydrogens is 376 g/mol. The number of terminal acetylenes is 1. The Morgan fingerprint density at radius 2 is 2.23 bits per heavy atom. The van der Waals surface area contributed by atoms with Gasteiger partial charge in [0.25, 0.3) is 5.91 Å². The highest BCUT2D eigenvalue weighted by Gasteiger charge is 2.26. The van der Waals surface area contributed by atoms with Crippen LogP contribution in [-0.4, -0.2) is 48.2 Å². The predicted molar refractivity (Wildman–Crippen MR) is 116 cm³/mol. The van der Waals surface area contributed by atoms with Gasteiger partial charge in [-0.05, 0) is 30.7 Å². The minimum absolute atomic E-state index is 0.0673. The Balaban J connectivity index is 1.58. The topological polar surface area (TPSA) is 51.7 Å². The van der Waals surface area contributed by atoms with Crippen molar-refractivity contribution in [3.8, 4) is 29.9 Å². The van der Waals surface area contributed by atoms with Crippen molar-refractivity contribution < 1.29 is 14.3 Å². The molecule has 0 aliphatic carbocycles. The molecule has 3 rings (SSSR count). The Morgan fingerprint density at radius 1 is 1.33 bits per heavy atom. The zero-order valence-electron chi connectivity index (χ0n) is 17.3. The van der Waals surface area contributed by atoms with Crippen molar-refractivity contribution in [2.45, 2.75) is 32.3 Å². The fourth-order valence-corrected chi connectivity index (χ4v) is 3.11. The van der Waals surface area contributed by atoms with E-state index in [1.54, 1.807) is 23.4 Å². The van der Waals surface area contributed by atoms with Crippen molar-refractivity contribution in [1.29, 1.82) is 0 Å². The van der Waals surface area contributed by atoms with Gasteiger partial charge in [0, 0.05) is 36.5 Å². The summed E-state index contributed by atoms with van der Waals surface area (Å²) in [7, 11) is 0. The van der Waals surface area contributed by atoms with Gasteiger partial charge < -0.3 is 14.4 Å². The molecule has 1 aromatic carbocycles. The molecule has 2 heterocycles. The lowest BCUT2D eigenvalue weighted by Gasteiger charge is -2.32. The number of amides is 1. The molecule has 1 atom stereocenters. The molecule has 1 saturated heterocycles. The van der Waals surface area contributed by atoms with Crippen molar-refractivity contribution in [1.82, 2.24) is 9.88 Å². The SMILES string of the molecule is C#Cc1cccc(OCC2CN(C(=O)c3cncc(C#CCCCC)c3)CCO2)c1. The first kappa shape index (κ1) is 21.4. The summed E-state index contributed by atoms with van der Waals surface area (Å²) in [5, 5.41) is 0. The van der Waals surface area contributed by atoms with Crippen molar-refractivity contribution in [3.05, 3.63) is 59.4 Å². The minimum Gasteiger partial charge on any atom is -0.491 e. The van der Waals surface area contributed by atoms with Crippen molar-refractivity contribution >= 4 is 5.91 Å². The smallest absolute Gasteiger partial charge is 0.255 e. The fraction of sp³-hybridized carbons (Fsp3) is 0.360. The van der Waals surface area contributed by atoms with Gasteiger partial charge in [-0.2, -0.15) is 0 Å². The number of carbonyl (C=O) groups is 1. The van der Waals surface area contributed by atoms with Gasteiger partial charge in [-0.1, -0.05) is 37.2 Å². The minimum atomic E-state index is -0.206. The third-order valence-electron chi connectivity index (χ3n) is 4.74. The molecule has 1 amide bonds. The Bertz CT molecular complexity index is 968. The molecule has 5 heteroatoms. The van der Waals surface area contributed by atoms with Crippen LogP contribution < -0.4 is 4.74 Å². The molecule has 0 radical (unpaired) electrons. The van der Waals surface area contributed by atoms with E-state index >= 15 is 0 Å². The third kappa shape index (κ3) is 6.11. The molecule has 0 bridgehead atoms. The van der Waals surface area contributed by atoms with Gasteiger partial charge >= 0.3 is 0 Å². The number of pyridine rings is 1. The highest BCUT2D eigenvalue weighted by Crippen LogP contribution is 2.16. The van der Waals surface area contributed by atoms with Crippen molar-refractivity contribution in [2.75, 3.05) is 26.3 Å². The molecule has 1 aromatic heterocycles. The van der Waals surface area contributed by atoms with Crippen LogP contribution in [0.25, 0.3) is 0 Å². The summed E-state index contributed by atoms with van der Waals surface area (Å²) in [6.45, 7) is 3.94. The molecule has 1 aliphatic rings. The zero-order chi connectivity index (χ0) is 21.2. The molecule has 0 N–H and O–H groups in total. The molecule has 1 unspecified atom stereocenters. The Hall–Kier alpha value is -3.28. The van der Waals surface area contributed by atoms with Crippen LogP contribution in [-0.2, 0) is 4.74 Å². The van der Waals surface area contributed by atoms with E-state index in [1.807, 2.05) is 24.3 Å². The summed E-state index contributed by atoms with van der Waals surface area (Å²) < 4.78 is 11.6. The van der Waals surface area contributed by atoms with Gasteiger partial charge in [-0.3, -0.25) is 9.78 Å². The number of unbranched alkanes of at least 4 members (excludes halogenated alkanes) is 2. The number of ether oxygens (including phenoxy) is 2.